The Kier molecular flexibility index (Phi) is 3.23. The molecule has 0 spiro atoms. The minimum Gasteiger partial charge on any atom is -0.342 e. The van der Waals surface area contributed by atoms with Crippen LogP contribution < -0.4 is 5.73 Å². The second-order valence-electron chi connectivity index (χ2n) is 4.50. The maximum atomic E-state index is 5.88. The molecule has 2 aromatic carbocycles. The van der Waals surface area contributed by atoms with Gasteiger partial charge in [0.2, 0.25) is 0 Å². The summed E-state index contributed by atoms with van der Waals surface area (Å²) in [7, 11) is 0. The lowest BCUT2D eigenvalue weighted by atomic mass is 10.1. The smallest absolute Gasteiger partial charge is 0.111 e. The number of rotatable bonds is 3. The molecule has 0 unspecified atom stereocenters. The number of nitrogens with zero attached hydrogens (tertiary/aromatic N) is 1. The van der Waals surface area contributed by atoms with Crippen molar-refractivity contribution in [2.75, 3.05) is 0 Å². The van der Waals surface area contributed by atoms with Gasteiger partial charge in [0.25, 0.3) is 0 Å². The highest BCUT2D eigenvalue weighted by Crippen LogP contribution is 2.18. The number of fused-ring (bicyclic) bond motifs is 1. The number of halogens is 1. The van der Waals surface area contributed by atoms with Crippen LogP contribution in [-0.2, 0) is 13.0 Å². The number of imidazole rings is 1. The summed E-state index contributed by atoms with van der Waals surface area (Å²) < 4.78 is 0. The van der Waals surface area contributed by atoms with E-state index in [-0.39, 0.29) is 0 Å². The summed E-state index contributed by atoms with van der Waals surface area (Å²) in [6.45, 7) is 0.503. The maximum Gasteiger partial charge on any atom is 0.111 e. The van der Waals surface area contributed by atoms with Gasteiger partial charge in [-0.15, -0.1) is 0 Å². The molecule has 0 aliphatic heterocycles. The van der Waals surface area contributed by atoms with E-state index in [1.807, 2.05) is 42.5 Å². The van der Waals surface area contributed by atoms with Crippen LogP contribution in [0.1, 0.15) is 17.0 Å². The van der Waals surface area contributed by atoms with E-state index in [4.69, 9.17) is 17.3 Å². The Morgan fingerprint density at radius 1 is 1.11 bits per heavy atom. The fraction of sp³-hybridized carbons (Fsp3) is 0.133. The second kappa shape index (κ2) is 5.03. The third-order valence-corrected chi connectivity index (χ3v) is 3.40. The summed E-state index contributed by atoms with van der Waals surface area (Å²) >= 11 is 5.88. The molecular formula is C15H14ClN3. The van der Waals surface area contributed by atoms with Gasteiger partial charge in [0.05, 0.1) is 11.0 Å². The van der Waals surface area contributed by atoms with Crippen molar-refractivity contribution in [1.29, 1.82) is 0 Å². The molecule has 0 amide bonds. The van der Waals surface area contributed by atoms with E-state index in [2.05, 4.69) is 9.97 Å². The molecule has 96 valence electrons. The molecule has 1 heterocycles. The zero-order chi connectivity index (χ0) is 13.2. The fourth-order valence-electron chi connectivity index (χ4n) is 2.19. The predicted molar refractivity (Wildman–Crippen MR) is 78.2 cm³/mol. The average Bonchev–Trinajstić information content (AvgIpc) is 2.83. The van der Waals surface area contributed by atoms with E-state index in [0.717, 1.165) is 33.9 Å². The van der Waals surface area contributed by atoms with Crippen molar-refractivity contribution in [1.82, 2.24) is 9.97 Å². The molecule has 0 radical (unpaired) electrons. The van der Waals surface area contributed by atoms with Crippen LogP contribution in [0.3, 0.4) is 0 Å². The molecule has 3 N–H and O–H groups in total. The lowest BCUT2D eigenvalue weighted by Crippen LogP contribution is -1.96. The predicted octanol–water partition coefficient (Wildman–Crippen LogP) is 3.27. The number of aromatic nitrogens is 2. The quantitative estimate of drug-likeness (QED) is 0.768. The van der Waals surface area contributed by atoms with Gasteiger partial charge in [0, 0.05) is 18.0 Å². The number of nitrogens with two attached hydrogens (primary N) is 1. The van der Waals surface area contributed by atoms with Crippen LogP contribution in [0.15, 0.2) is 42.5 Å². The van der Waals surface area contributed by atoms with Crippen molar-refractivity contribution in [3.63, 3.8) is 0 Å². The lowest BCUT2D eigenvalue weighted by molar-refractivity contribution is 1.03. The van der Waals surface area contributed by atoms with Gasteiger partial charge in [0.15, 0.2) is 0 Å². The van der Waals surface area contributed by atoms with Gasteiger partial charge < -0.3 is 10.7 Å². The molecule has 0 aliphatic carbocycles. The second-order valence-corrected chi connectivity index (χ2v) is 4.94. The van der Waals surface area contributed by atoms with Crippen molar-refractivity contribution in [3.8, 4) is 0 Å². The van der Waals surface area contributed by atoms with Crippen LogP contribution in [0, 0.1) is 0 Å². The molecule has 3 aromatic rings. The minimum atomic E-state index is 0.503. The highest BCUT2D eigenvalue weighted by Gasteiger charge is 2.06. The molecule has 0 bridgehead atoms. The summed E-state index contributed by atoms with van der Waals surface area (Å²) in [5.41, 5.74) is 9.97. The Bertz CT molecular complexity index is 701. The lowest BCUT2D eigenvalue weighted by Gasteiger charge is -1.98. The van der Waals surface area contributed by atoms with Crippen LogP contribution in [0.2, 0.25) is 5.02 Å². The number of nitrogens with one attached hydrogen (secondary N) is 1. The Hall–Kier alpha value is -1.84. The third kappa shape index (κ3) is 2.48. The van der Waals surface area contributed by atoms with Crippen molar-refractivity contribution in [2.24, 2.45) is 5.73 Å². The van der Waals surface area contributed by atoms with Crippen LogP contribution in [-0.4, -0.2) is 9.97 Å². The van der Waals surface area contributed by atoms with Gasteiger partial charge in [-0.2, -0.15) is 0 Å². The van der Waals surface area contributed by atoms with Crippen molar-refractivity contribution in [3.05, 3.63) is 64.4 Å². The van der Waals surface area contributed by atoms with Gasteiger partial charge in [-0.25, -0.2) is 4.98 Å². The molecule has 0 fully saturated rings. The summed E-state index contributed by atoms with van der Waals surface area (Å²) in [6.07, 6.45) is 0.760. The number of benzene rings is 2. The monoisotopic (exact) mass is 271 g/mol. The van der Waals surface area contributed by atoms with E-state index in [1.54, 1.807) is 0 Å². The van der Waals surface area contributed by atoms with Crippen molar-refractivity contribution in [2.45, 2.75) is 13.0 Å². The molecule has 19 heavy (non-hydrogen) atoms. The number of aromatic amines is 1. The number of hydrogen-bond donors (Lipinski definition) is 2. The first-order valence-corrected chi connectivity index (χ1v) is 6.55. The van der Waals surface area contributed by atoms with Gasteiger partial charge in [-0.3, -0.25) is 0 Å². The summed E-state index contributed by atoms with van der Waals surface area (Å²) in [4.78, 5) is 7.97. The van der Waals surface area contributed by atoms with Gasteiger partial charge in [-0.1, -0.05) is 35.9 Å². The molecule has 0 saturated carbocycles. The third-order valence-electron chi connectivity index (χ3n) is 3.15. The SMILES string of the molecule is NCc1cccc2[nH]c(Cc3ccc(Cl)cc3)nc12. The van der Waals surface area contributed by atoms with Gasteiger partial charge >= 0.3 is 0 Å². The molecule has 3 rings (SSSR count). The first-order chi connectivity index (χ1) is 9.26. The normalized spacial score (nSPS) is 11.1. The Morgan fingerprint density at radius 2 is 1.89 bits per heavy atom. The molecule has 3 nitrogen and oxygen atoms in total. The highest BCUT2D eigenvalue weighted by atomic mass is 35.5. The molecule has 0 aliphatic rings. The Morgan fingerprint density at radius 3 is 2.63 bits per heavy atom. The Labute approximate surface area is 116 Å². The summed E-state index contributed by atoms with van der Waals surface area (Å²) in [6, 6.07) is 13.8. The number of hydrogen-bond acceptors (Lipinski definition) is 2. The molecule has 4 heteroatoms. The van der Waals surface area contributed by atoms with Gasteiger partial charge in [0.1, 0.15) is 5.82 Å². The molecule has 0 atom stereocenters. The van der Waals surface area contributed by atoms with E-state index in [0.29, 0.717) is 6.54 Å². The summed E-state index contributed by atoms with van der Waals surface area (Å²) in [5.74, 6) is 0.943. The highest BCUT2D eigenvalue weighted by molar-refractivity contribution is 6.30. The van der Waals surface area contributed by atoms with Gasteiger partial charge in [-0.05, 0) is 29.3 Å². The fourth-order valence-corrected chi connectivity index (χ4v) is 2.31. The molecule has 0 saturated heterocycles. The Balaban J connectivity index is 1.95. The summed E-state index contributed by atoms with van der Waals surface area (Å²) in [5, 5.41) is 0.749. The zero-order valence-corrected chi connectivity index (χ0v) is 11.1. The van der Waals surface area contributed by atoms with E-state index in [1.165, 1.54) is 5.56 Å². The van der Waals surface area contributed by atoms with Crippen molar-refractivity contribution >= 4 is 22.6 Å². The van der Waals surface area contributed by atoms with Crippen LogP contribution in [0.25, 0.3) is 11.0 Å². The maximum absolute atomic E-state index is 5.88. The number of para-hydroxylation sites is 1. The first kappa shape index (κ1) is 12.2. The van der Waals surface area contributed by atoms with Crippen LogP contribution >= 0.6 is 11.6 Å². The van der Waals surface area contributed by atoms with Crippen LogP contribution in [0.5, 0.6) is 0 Å². The van der Waals surface area contributed by atoms with Crippen LogP contribution in [0.4, 0.5) is 0 Å². The van der Waals surface area contributed by atoms with E-state index in [9.17, 15) is 0 Å². The van der Waals surface area contributed by atoms with E-state index >= 15 is 0 Å². The average molecular weight is 272 g/mol. The largest absolute Gasteiger partial charge is 0.342 e. The minimum absolute atomic E-state index is 0.503. The number of H-pyrrole nitrogens is 1. The van der Waals surface area contributed by atoms with E-state index < -0.39 is 0 Å². The first-order valence-electron chi connectivity index (χ1n) is 6.17. The van der Waals surface area contributed by atoms with Crippen molar-refractivity contribution < 1.29 is 0 Å². The zero-order valence-electron chi connectivity index (χ0n) is 10.4. The topological polar surface area (TPSA) is 54.7 Å². The molecular weight excluding hydrogens is 258 g/mol. The standard InChI is InChI=1S/C15H14ClN3/c16-12-6-4-10(5-7-12)8-14-18-13-3-1-2-11(9-17)15(13)19-14/h1-7H,8-9,17H2,(H,18,19). The molecule has 1 aromatic heterocycles.